The van der Waals surface area contributed by atoms with Crippen molar-refractivity contribution in [2.24, 2.45) is 0 Å². The second-order valence-electron chi connectivity index (χ2n) is 6.06. The van der Waals surface area contributed by atoms with Crippen LogP contribution in [-0.4, -0.2) is 35.4 Å². The van der Waals surface area contributed by atoms with Gasteiger partial charge in [0.25, 0.3) is 0 Å². The number of benzene rings is 2. The van der Waals surface area contributed by atoms with E-state index in [9.17, 15) is 0 Å². The van der Waals surface area contributed by atoms with Gasteiger partial charge in [0.2, 0.25) is 5.95 Å². The molecular weight excluding hydrogens is 342 g/mol. The summed E-state index contributed by atoms with van der Waals surface area (Å²) in [5.41, 5.74) is 3.32. The molecule has 2 N–H and O–H groups in total. The Balaban J connectivity index is 1.52. The topological polar surface area (TPSA) is 81.2 Å². The minimum Gasteiger partial charge on any atom is -0.497 e. The van der Waals surface area contributed by atoms with E-state index in [1.165, 1.54) is 5.56 Å². The van der Waals surface area contributed by atoms with Crippen LogP contribution in [0.3, 0.4) is 0 Å². The van der Waals surface area contributed by atoms with Crippen LogP contribution in [0.2, 0.25) is 0 Å². The molecule has 140 valence electrons. The Hall–Kier alpha value is -3.35. The van der Waals surface area contributed by atoms with Crippen LogP contribution in [0.25, 0.3) is 0 Å². The monoisotopic (exact) mass is 365 g/mol. The van der Waals surface area contributed by atoms with Gasteiger partial charge in [-0.05, 0) is 55.3 Å². The molecule has 0 radical (unpaired) electrons. The smallest absolute Gasteiger partial charge is 0.244 e. The minimum atomic E-state index is 0.448. The van der Waals surface area contributed by atoms with Crippen LogP contribution in [0.4, 0.5) is 17.5 Å². The van der Waals surface area contributed by atoms with Gasteiger partial charge in [0, 0.05) is 5.69 Å². The van der Waals surface area contributed by atoms with Crippen molar-refractivity contribution in [1.82, 2.24) is 15.2 Å². The molecule has 0 spiro atoms. The van der Waals surface area contributed by atoms with Crippen molar-refractivity contribution < 1.29 is 9.47 Å². The Morgan fingerprint density at radius 3 is 2.56 bits per heavy atom. The number of nitrogens with one attached hydrogen (secondary N) is 2. The van der Waals surface area contributed by atoms with Crippen LogP contribution in [-0.2, 0) is 0 Å². The Morgan fingerprint density at radius 2 is 1.78 bits per heavy atom. The molecule has 3 aromatic rings. The molecule has 2 aromatic carbocycles. The third kappa shape index (κ3) is 5.31. The largest absolute Gasteiger partial charge is 0.497 e. The molecule has 0 fully saturated rings. The summed E-state index contributed by atoms with van der Waals surface area (Å²) in [5.74, 6) is 2.66. The summed E-state index contributed by atoms with van der Waals surface area (Å²) in [7, 11) is 1.64. The SMILES string of the molecule is COc1ccc(OCCNc2nncc(Nc3cc(C)ccc3C)n2)cc1. The Kier molecular flexibility index (Phi) is 6.04. The molecular formula is C20H23N5O2. The number of aryl methyl sites for hydroxylation is 2. The molecule has 0 aliphatic carbocycles. The number of nitrogens with zero attached hydrogens (tertiary/aromatic N) is 3. The van der Waals surface area contributed by atoms with Crippen molar-refractivity contribution >= 4 is 17.5 Å². The van der Waals surface area contributed by atoms with Gasteiger partial charge in [0.15, 0.2) is 5.82 Å². The van der Waals surface area contributed by atoms with Crippen LogP contribution in [0, 0.1) is 13.8 Å². The average Bonchev–Trinajstić information content (AvgIpc) is 2.69. The summed E-state index contributed by atoms with van der Waals surface area (Å²) >= 11 is 0. The second-order valence-corrected chi connectivity index (χ2v) is 6.06. The highest BCUT2D eigenvalue weighted by molar-refractivity contribution is 5.61. The number of methoxy groups -OCH3 is 1. The summed E-state index contributed by atoms with van der Waals surface area (Å²) in [5, 5.41) is 14.4. The molecule has 0 atom stereocenters. The van der Waals surface area contributed by atoms with Gasteiger partial charge < -0.3 is 20.1 Å². The predicted octanol–water partition coefficient (Wildman–Crippen LogP) is 3.73. The van der Waals surface area contributed by atoms with E-state index in [4.69, 9.17) is 9.47 Å². The molecule has 27 heavy (non-hydrogen) atoms. The zero-order chi connectivity index (χ0) is 19.1. The molecule has 7 heteroatoms. The standard InChI is InChI=1S/C20H23N5O2/c1-14-4-5-15(2)18(12-14)23-19-13-22-25-20(24-19)21-10-11-27-17-8-6-16(26-3)7-9-17/h4-9,12-13H,10-11H2,1-3H3,(H2,21,23,24,25). The van der Waals surface area contributed by atoms with Gasteiger partial charge in [0.1, 0.15) is 18.1 Å². The van der Waals surface area contributed by atoms with Gasteiger partial charge in [-0.25, -0.2) is 0 Å². The van der Waals surface area contributed by atoms with E-state index >= 15 is 0 Å². The van der Waals surface area contributed by atoms with Gasteiger partial charge >= 0.3 is 0 Å². The van der Waals surface area contributed by atoms with Gasteiger partial charge in [-0.1, -0.05) is 12.1 Å². The van der Waals surface area contributed by atoms with Gasteiger partial charge in [-0.3, -0.25) is 0 Å². The van der Waals surface area contributed by atoms with Gasteiger partial charge in [-0.2, -0.15) is 10.1 Å². The molecule has 1 aromatic heterocycles. The van der Waals surface area contributed by atoms with Crippen LogP contribution in [0.15, 0.2) is 48.7 Å². The molecule has 0 aliphatic heterocycles. The first kappa shape index (κ1) is 18.4. The summed E-state index contributed by atoms with van der Waals surface area (Å²) < 4.78 is 10.8. The van der Waals surface area contributed by atoms with E-state index in [0.29, 0.717) is 24.9 Å². The summed E-state index contributed by atoms with van der Waals surface area (Å²) in [6.07, 6.45) is 1.60. The number of aromatic nitrogens is 3. The fraction of sp³-hybridized carbons (Fsp3) is 0.250. The first-order valence-corrected chi connectivity index (χ1v) is 8.69. The highest BCUT2D eigenvalue weighted by Crippen LogP contribution is 2.20. The third-order valence-corrected chi connectivity index (χ3v) is 3.93. The first-order valence-electron chi connectivity index (χ1n) is 8.69. The normalized spacial score (nSPS) is 10.3. The Morgan fingerprint density at radius 1 is 1.00 bits per heavy atom. The summed E-state index contributed by atoms with van der Waals surface area (Å²) in [6, 6.07) is 13.7. The van der Waals surface area contributed by atoms with E-state index in [1.807, 2.05) is 31.2 Å². The quantitative estimate of drug-likeness (QED) is 0.589. The lowest BCUT2D eigenvalue weighted by Gasteiger charge is -2.11. The summed E-state index contributed by atoms with van der Waals surface area (Å²) in [4.78, 5) is 4.44. The molecule has 3 rings (SSSR count). The number of rotatable bonds is 8. The van der Waals surface area contributed by atoms with Crippen molar-refractivity contribution in [2.75, 3.05) is 30.9 Å². The molecule has 1 heterocycles. The summed E-state index contributed by atoms with van der Waals surface area (Å²) in [6.45, 7) is 5.13. The molecule has 0 amide bonds. The molecule has 0 saturated carbocycles. The van der Waals surface area contributed by atoms with Crippen molar-refractivity contribution in [1.29, 1.82) is 0 Å². The van der Waals surface area contributed by atoms with Gasteiger partial charge in [-0.15, -0.1) is 5.10 Å². The number of ether oxygens (including phenoxy) is 2. The fourth-order valence-corrected chi connectivity index (χ4v) is 2.45. The lowest BCUT2D eigenvalue weighted by atomic mass is 10.1. The zero-order valence-electron chi connectivity index (χ0n) is 15.7. The maximum atomic E-state index is 5.67. The van der Waals surface area contributed by atoms with Crippen molar-refractivity contribution in [3.63, 3.8) is 0 Å². The maximum Gasteiger partial charge on any atom is 0.244 e. The molecule has 0 saturated heterocycles. The zero-order valence-corrected chi connectivity index (χ0v) is 15.7. The Labute approximate surface area is 158 Å². The first-order chi connectivity index (χ1) is 13.1. The van der Waals surface area contributed by atoms with E-state index in [0.717, 1.165) is 22.7 Å². The minimum absolute atomic E-state index is 0.448. The number of hydrogen-bond acceptors (Lipinski definition) is 7. The van der Waals surface area contributed by atoms with E-state index in [2.05, 4.69) is 50.9 Å². The highest BCUT2D eigenvalue weighted by atomic mass is 16.5. The number of anilines is 3. The third-order valence-electron chi connectivity index (χ3n) is 3.93. The number of hydrogen-bond donors (Lipinski definition) is 2. The molecule has 0 bridgehead atoms. The van der Waals surface area contributed by atoms with Crippen LogP contribution < -0.4 is 20.1 Å². The van der Waals surface area contributed by atoms with Gasteiger partial charge in [0.05, 0.1) is 19.9 Å². The highest BCUT2D eigenvalue weighted by Gasteiger charge is 2.04. The average molecular weight is 365 g/mol. The lowest BCUT2D eigenvalue weighted by molar-refractivity contribution is 0.331. The Bertz CT molecular complexity index is 884. The van der Waals surface area contributed by atoms with E-state index in [-0.39, 0.29) is 0 Å². The molecule has 7 nitrogen and oxygen atoms in total. The predicted molar refractivity (Wildman–Crippen MR) is 106 cm³/mol. The van der Waals surface area contributed by atoms with Crippen LogP contribution >= 0.6 is 0 Å². The van der Waals surface area contributed by atoms with Crippen LogP contribution in [0.1, 0.15) is 11.1 Å². The molecule has 0 aliphatic rings. The van der Waals surface area contributed by atoms with E-state index in [1.54, 1.807) is 13.3 Å². The fourth-order valence-electron chi connectivity index (χ4n) is 2.45. The van der Waals surface area contributed by atoms with Crippen molar-refractivity contribution in [3.8, 4) is 11.5 Å². The van der Waals surface area contributed by atoms with Crippen LogP contribution in [0.5, 0.6) is 11.5 Å². The van der Waals surface area contributed by atoms with Crippen molar-refractivity contribution in [3.05, 3.63) is 59.8 Å². The molecule has 0 unspecified atom stereocenters. The van der Waals surface area contributed by atoms with Crippen molar-refractivity contribution in [2.45, 2.75) is 13.8 Å². The lowest BCUT2D eigenvalue weighted by Crippen LogP contribution is -2.14. The van der Waals surface area contributed by atoms with E-state index < -0.39 is 0 Å². The second kappa shape index (κ2) is 8.84. The maximum absolute atomic E-state index is 5.67.